The van der Waals surface area contributed by atoms with Gasteiger partial charge in [-0.1, -0.05) is 13.8 Å². The molecule has 1 rings (SSSR count). The smallest absolute Gasteiger partial charge is 0.0489 e. The Morgan fingerprint density at radius 1 is 0.778 bits per heavy atom. The van der Waals surface area contributed by atoms with Crippen LogP contribution in [0.25, 0.3) is 0 Å². The molecule has 1 aromatic carbocycles. The van der Waals surface area contributed by atoms with Crippen LogP contribution in [0.4, 0.5) is 11.4 Å². The molecule has 0 heterocycles. The number of nitrogens with one attached hydrogen (secondary N) is 4. The molecule has 2 atom stereocenters. The molecule has 0 aromatic heterocycles. The van der Waals surface area contributed by atoms with Crippen LogP contribution < -0.4 is 21.7 Å². The van der Waals surface area contributed by atoms with Gasteiger partial charge in [0.15, 0.2) is 0 Å². The fraction of sp³-hybridized carbons (Fsp3) is 0.571. The highest BCUT2D eigenvalue weighted by Crippen LogP contribution is 2.12. The highest BCUT2D eigenvalue weighted by molar-refractivity contribution is 5.52. The maximum Gasteiger partial charge on any atom is 0.0489 e. The van der Waals surface area contributed by atoms with Crippen molar-refractivity contribution >= 4 is 11.4 Å². The Hall–Kier alpha value is -1.26. The quantitative estimate of drug-likeness (QED) is 0.535. The van der Waals surface area contributed by atoms with E-state index < -0.39 is 0 Å². The molecule has 0 spiro atoms. The molecule has 4 nitrogen and oxygen atoms in total. The average molecular weight is 250 g/mol. The monoisotopic (exact) mass is 250 g/mol. The minimum Gasteiger partial charge on any atom is -0.321 e. The third-order valence-electron chi connectivity index (χ3n) is 3.04. The van der Waals surface area contributed by atoms with Crippen molar-refractivity contribution in [2.45, 2.75) is 52.6 Å². The lowest BCUT2D eigenvalue weighted by Crippen LogP contribution is -2.31. The number of hydrogen-bond donors (Lipinski definition) is 4. The predicted molar refractivity (Wildman–Crippen MR) is 79.5 cm³/mol. The summed E-state index contributed by atoms with van der Waals surface area (Å²) in [6, 6.07) is 9.14. The van der Waals surface area contributed by atoms with E-state index in [1.807, 2.05) is 0 Å². The van der Waals surface area contributed by atoms with E-state index in [1.165, 1.54) is 0 Å². The van der Waals surface area contributed by atoms with Crippen LogP contribution in [0.2, 0.25) is 0 Å². The van der Waals surface area contributed by atoms with Crippen LogP contribution in [0.1, 0.15) is 40.5 Å². The highest BCUT2D eigenvalue weighted by atomic mass is 15.4. The molecule has 0 aliphatic heterocycles. The van der Waals surface area contributed by atoms with Crippen LogP contribution in [-0.4, -0.2) is 12.1 Å². The molecule has 0 amide bonds. The normalized spacial score (nSPS) is 14.0. The molecule has 0 radical (unpaired) electrons. The Morgan fingerprint density at radius 2 is 1.11 bits per heavy atom. The first-order valence-electron chi connectivity index (χ1n) is 6.78. The fourth-order valence-electron chi connectivity index (χ4n) is 1.25. The number of rotatable bonds is 8. The largest absolute Gasteiger partial charge is 0.321 e. The molecule has 4 N–H and O–H groups in total. The standard InChI is InChI=1S/C14H26N4/c1-5-11(3)15-17-13-7-9-14(10-8-13)18-16-12(4)6-2/h7-12,15-18H,5-6H2,1-4H3. The van der Waals surface area contributed by atoms with Gasteiger partial charge in [0.05, 0.1) is 0 Å². The second-order valence-electron chi connectivity index (χ2n) is 4.73. The molecule has 0 aliphatic rings. The Balaban J connectivity index is 2.37. The fourth-order valence-corrected chi connectivity index (χ4v) is 1.25. The first-order chi connectivity index (χ1) is 8.65. The van der Waals surface area contributed by atoms with Crippen molar-refractivity contribution in [3.63, 3.8) is 0 Å². The van der Waals surface area contributed by atoms with E-state index in [4.69, 9.17) is 0 Å². The van der Waals surface area contributed by atoms with E-state index in [-0.39, 0.29) is 0 Å². The minimum absolute atomic E-state index is 0.467. The third kappa shape index (κ3) is 5.38. The summed E-state index contributed by atoms with van der Waals surface area (Å²) in [6.07, 6.45) is 2.21. The van der Waals surface area contributed by atoms with E-state index in [1.54, 1.807) is 0 Å². The lowest BCUT2D eigenvalue weighted by Gasteiger charge is -2.16. The summed E-state index contributed by atoms with van der Waals surface area (Å²) in [4.78, 5) is 0. The summed E-state index contributed by atoms with van der Waals surface area (Å²) in [6.45, 7) is 8.62. The van der Waals surface area contributed by atoms with E-state index in [9.17, 15) is 0 Å². The second-order valence-corrected chi connectivity index (χ2v) is 4.73. The van der Waals surface area contributed by atoms with Crippen molar-refractivity contribution < 1.29 is 0 Å². The van der Waals surface area contributed by atoms with Crippen molar-refractivity contribution in [3.05, 3.63) is 24.3 Å². The number of hydrogen-bond acceptors (Lipinski definition) is 4. The summed E-state index contributed by atoms with van der Waals surface area (Å²) in [7, 11) is 0. The van der Waals surface area contributed by atoms with E-state index in [2.05, 4.69) is 73.7 Å². The summed E-state index contributed by atoms with van der Waals surface area (Å²) in [5.41, 5.74) is 15.0. The van der Waals surface area contributed by atoms with Crippen molar-refractivity contribution in [2.24, 2.45) is 0 Å². The molecular weight excluding hydrogens is 224 g/mol. The molecule has 0 bridgehead atoms. The lowest BCUT2D eigenvalue weighted by molar-refractivity contribution is 0.586. The van der Waals surface area contributed by atoms with Crippen molar-refractivity contribution in [1.82, 2.24) is 10.9 Å². The van der Waals surface area contributed by atoms with Crippen LogP contribution >= 0.6 is 0 Å². The summed E-state index contributed by atoms with van der Waals surface area (Å²) in [5.74, 6) is 0. The van der Waals surface area contributed by atoms with Crippen LogP contribution in [-0.2, 0) is 0 Å². The topological polar surface area (TPSA) is 48.1 Å². The maximum absolute atomic E-state index is 3.24. The van der Waals surface area contributed by atoms with Gasteiger partial charge < -0.3 is 10.9 Å². The number of benzene rings is 1. The maximum atomic E-state index is 3.24. The highest BCUT2D eigenvalue weighted by Gasteiger charge is 1.99. The summed E-state index contributed by atoms with van der Waals surface area (Å²) >= 11 is 0. The van der Waals surface area contributed by atoms with Gasteiger partial charge in [-0.15, -0.1) is 0 Å². The number of hydrazine groups is 2. The molecule has 18 heavy (non-hydrogen) atoms. The summed E-state index contributed by atoms with van der Waals surface area (Å²) in [5, 5.41) is 0. The van der Waals surface area contributed by atoms with Gasteiger partial charge in [0, 0.05) is 23.5 Å². The zero-order valence-corrected chi connectivity index (χ0v) is 11.9. The average Bonchev–Trinajstić information content (AvgIpc) is 2.43. The Morgan fingerprint density at radius 3 is 1.39 bits per heavy atom. The Kier molecular flexibility index (Phi) is 6.54. The molecule has 0 aliphatic carbocycles. The molecular formula is C14H26N4. The van der Waals surface area contributed by atoms with Gasteiger partial charge >= 0.3 is 0 Å². The Labute approximate surface area is 110 Å². The molecule has 1 aromatic rings. The van der Waals surface area contributed by atoms with Gasteiger partial charge in [-0.05, 0) is 51.0 Å². The van der Waals surface area contributed by atoms with Gasteiger partial charge in [-0.3, -0.25) is 0 Å². The van der Waals surface area contributed by atoms with Gasteiger partial charge in [-0.2, -0.15) is 0 Å². The molecule has 0 saturated heterocycles. The van der Waals surface area contributed by atoms with Crippen LogP contribution in [0.5, 0.6) is 0 Å². The van der Waals surface area contributed by atoms with Crippen LogP contribution in [0, 0.1) is 0 Å². The van der Waals surface area contributed by atoms with Gasteiger partial charge in [0.1, 0.15) is 0 Å². The van der Waals surface area contributed by atoms with E-state index in [0.29, 0.717) is 12.1 Å². The van der Waals surface area contributed by atoms with Crippen LogP contribution in [0.3, 0.4) is 0 Å². The summed E-state index contributed by atoms with van der Waals surface area (Å²) < 4.78 is 0. The van der Waals surface area contributed by atoms with Crippen molar-refractivity contribution in [2.75, 3.05) is 10.9 Å². The zero-order chi connectivity index (χ0) is 13.4. The van der Waals surface area contributed by atoms with Crippen LogP contribution in [0.15, 0.2) is 24.3 Å². The predicted octanol–water partition coefficient (Wildman–Crippen LogP) is 3.12. The number of anilines is 2. The first kappa shape index (κ1) is 14.8. The molecule has 102 valence electrons. The first-order valence-corrected chi connectivity index (χ1v) is 6.78. The Bertz CT molecular complexity index is 290. The molecule has 0 fully saturated rings. The van der Waals surface area contributed by atoms with Crippen molar-refractivity contribution in [3.8, 4) is 0 Å². The lowest BCUT2D eigenvalue weighted by atomic mass is 10.2. The second kappa shape index (κ2) is 7.95. The van der Waals surface area contributed by atoms with Gasteiger partial charge in [0.25, 0.3) is 0 Å². The molecule has 0 saturated carbocycles. The SMILES string of the molecule is CCC(C)NNc1ccc(NNC(C)CC)cc1. The molecule has 4 heteroatoms. The molecule has 2 unspecified atom stereocenters. The zero-order valence-electron chi connectivity index (χ0n) is 11.9. The van der Waals surface area contributed by atoms with Gasteiger partial charge in [0.2, 0.25) is 0 Å². The third-order valence-corrected chi connectivity index (χ3v) is 3.04. The minimum atomic E-state index is 0.467. The van der Waals surface area contributed by atoms with E-state index in [0.717, 1.165) is 24.2 Å². The van der Waals surface area contributed by atoms with Gasteiger partial charge in [-0.25, -0.2) is 10.9 Å². The van der Waals surface area contributed by atoms with E-state index >= 15 is 0 Å². The van der Waals surface area contributed by atoms with Crippen molar-refractivity contribution in [1.29, 1.82) is 0 Å².